The van der Waals surface area contributed by atoms with Gasteiger partial charge in [0.15, 0.2) is 0 Å². The van der Waals surface area contributed by atoms with Crippen molar-refractivity contribution in [2.45, 2.75) is 20.3 Å². The lowest BCUT2D eigenvalue weighted by Crippen LogP contribution is -2.20. The predicted octanol–water partition coefficient (Wildman–Crippen LogP) is 2.22. The van der Waals surface area contributed by atoms with E-state index in [1.54, 1.807) is 6.92 Å². The molecule has 1 heterocycles. The third kappa shape index (κ3) is 2.96. The van der Waals surface area contributed by atoms with Crippen molar-refractivity contribution >= 4 is 22.7 Å². The number of fused-ring (bicyclic) bond motifs is 1. The fraction of sp³-hybridized carbons (Fsp3) is 0.267. The minimum Gasteiger partial charge on any atom is -0.460 e. The molecule has 4 nitrogen and oxygen atoms in total. The molecule has 4 heteroatoms. The van der Waals surface area contributed by atoms with Crippen molar-refractivity contribution in [3.8, 4) is 0 Å². The van der Waals surface area contributed by atoms with Crippen LogP contribution in [-0.4, -0.2) is 23.3 Å². The SMILES string of the molecule is CCOC(=O)C(=O)Cc1nc2ccccc2cc1C. The predicted molar refractivity (Wildman–Crippen MR) is 71.8 cm³/mol. The van der Waals surface area contributed by atoms with Crippen LogP contribution in [0.4, 0.5) is 0 Å². The van der Waals surface area contributed by atoms with Gasteiger partial charge in [0.05, 0.1) is 24.2 Å². The Morgan fingerprint density at radius 3 is 2.74 bits per heavy atom. The van der Waals surface area contributed by atoms with Crippen molar-refractivity contribution in [2.24, 2.45) is 0 Å². The van der Waals surface area contributed by atoms with Gasteiger partial charge in [0.2, 0.25) is 5.78 Å². The molecule has 0 aliphatic rings. The van der Waals surface area contributed by atoms with Crippen LogP contribution < -0.4 is 0 Å². The summed E-state index contributed by atoms with van der Waals surface area (Å²) < 4.78 is 4.69. The molecule has 2 rings (SSSR count). The molecule has 98 valence electrons. The smallest absolute Gasteiger partial charge is 0.375 e. The first-order valence-electron chi connectivity index (χ1n) is 6.17. The van der Waals surface area contributed by atoms with E-state index < -0.39 is 11.8 Å². The van der Waals surface area contributed by atoms with Crippen molar-refractivity contribution in [3.05, 3.63) is 41.6 Å². The van der Waals surface area contributed by atoms with Crippen molar-refractivity contribution in [2.75, 3.05) is 6.61 Å². The van der Waals surface area contributed by atoms with Crippen LogP contribution in [0.1, 0.15) is 18.2 Å². The summed E-state index contributed by atoms with van der Waals surface area (Å²) in [6, 6.07) is 9.64. The molecule has 0 spiro atoms. The highest BCUT2D eigenvalue weighted by Crippen LogP contribution is 2.16. The molecule has 0 aliphatic carbocycles. The van der Waals surface area contributed by atoms with Gasteiger partial charge in [-0.25, -0.2) is 4.79 Å². The molecule has 2 aromatic rings. The zero-order valence-corrected chi connectivity index (χ0v) is 11.0. The molecule has 0 saturated carbocycles. The monoisotopic (exact) mass is 257 g/mol. The molecule has 0 bridgehead atoms. The number of hydrogen-bond donors (Lipinski definition) is 0. The largest absolute Gasteiger partial charge is 0.460 e. The van der Waals surface area contributed by atoms with Crippen molar-refractivity contribution in [3.63, 3.8) is 0 Å². The number of ether oxygens (including phenoxy) is 1. The summed E-state index contributed by atoms with van der Waals surface area (Å²) in [7, 11) is 0. The van der Waals surface area contributed by atoms with E-state index >= 15 is 0 Å². The van der Waals surface area contributed by atoms with Crippen LogP contribution in [0.15, 0.2) is 30.3 Å². The Kier molecular flexibility index (Phi) is 3.90. The number of aryl methyl sites for hydroxylation is 1. The molecule has 19 heavy (non-hydrogen) atoms. The molecule has 0 N–H and O–H groups in total. The first-order chi connectivity index (χ1) is 9.11. The lowest BCUT2D eigenvalue weighted by molar-refractivity contribution is -0.153. The van der Waals surface area contributed by atoms with Crippen LogP contribution in [0, 0.1) is 6.92 Å². The van der Waals surface area contributed by atoms with Crippen LogP contribution in [0.25, 0.3) is 10.9 Å². The third-order valence-electron chi connectivity index (χ3n) is 2.85. The number of nitrogens with zero attached hydrogens (tertiary/aromatic N) is 1. The minimum atomic E-state index is -0.795. The number of Topliss-reactive ketones (excluding diaryl/α,β-unsaturated/α-hetero) is 1. The summed E-state index contributed by atoms with van der Waals surface area (Å²) in [6.45, 7) is 3.76. The summed E-state index contributed by atoms with van der Waals surface area (Å²) >= 11 is 0. The number of pyridine rings is 1. The van der Waals surface area contributed by atoms with Crippen LogP contribution in [-0.2, 0) is 20.7 Å². The number of carbonyl (C=O) groups excluding carboxylic acids is 2. The molecule has 0 radical (unpaired) electrons. The van der Waals surface area contributed by atoms with Crippen LogP contribution >= 0.6 is 0 Å². The van der Waals surface area contributed by atoms with Crippen LogP contribution in [0.5, 0.6) is 0 Å². The van der Waals surface area contributed by atoms with E-state index in [9.17, 15) is 9.59 Å². The Morgan fingerprint density at radius 2 is 2.00 bits per heavy atom. The van der Waals surface area contributed by atoms with E-state index in [4.69, 9.17) is 0 Å². The van der Waals surface area contributed by atoms with Crippen LogP contribution in [0.2, 0.25) is 0 Å². The molecule has 0 aliphatic heterocycles. The highest BCUT2D eigenvalue weighted by atomic mass is 16.5. The second-order valence-corrected chi connectivity index (χ2v) is 4.27. The molecule has 0 fully saturated rings. The number of carbonyl (C=O) groups is 2. The topological polar surface area (TPSA) is 56.3 Å². The minimum absolute atomic E-state index is 0.0184. The van der Waals surface area contributed by atoms with E-state index in [1.807, 2.05) is 37.3 Å². The number of aromatic nitrogens is 1. The third-order valence-corrected chi connectivity index (χ3v) is 2.85. The number of hydrogen-bond acceptors (Lipinski definition) is 4. The average Bonchev–Trinajstić information content (AvgIpc) is 2.39. The zero-order chi connectivity index (χ0) is 13.8. The molecule has 1 aromatic carbocycles. The molecular weight excluding hydrogens is 242 g/mol. The fourth-order valence-corrected chi connectivity index (χ4v) is 1.88. The maximum Gasteiger partial charge on any atom is 0.375 e. The van der Waals surface area contributed by atoms with Gasteiger partial charge in [0, 0.05) is 5.39 Å². The molecule has 0 atom stereocenters. The molecular formula is C15H15NO3. The lowest BCUT2D eigenvalue weighted by Gasteiger charge is -2.06. The molecule has 0 amide bonds. The highest BCUT2D eigenvalue weighted by molar-refractivity contribution is 6.34. The quantitative estimate of drug-likeness (QED) is 0.622. The van der Waals surface area contributed by atoms with Gasteiger partial charge in [-0.2, -0.15) is 0 Å². The Morgan fingerprint density at radius 1 is 1.26 bits per heavy atom. The van der Waals surface area contributed by atoms with Gasteiger partial charge in [-0.05, 0) is 31.5 Å². The zero-order valence-electron chi connectivity index (χ0n) is 11.0. The van der Waals surface area contributed by atoms with E-state index in [0.29, 0.717) is 5.69 Å². The van der Waals surface area contributed by atoms with E-state index in [0.717, 1.165) is 16.5 Å². The van der Waals surface area contributed by atoms with Gasteiger partial charge in [-0.3, -0.25) is 9.78 Å². The second-order valence-electron chi connectivity index (χ2n) is 4.27. The highest BCUT2D eigenvalue weighted by Gasteiger charge is 2.17. The Labute approximate surface area is 111 Å². The number of rotatable bonds is 4. The summed E-state index contributed by atoms with van der Waals surface area (Å²) in [6.07, 6.45) is -0.0184. The molecule has 0 saturated heterocycles. The normalized spacial score (nSPS) is 10.4. The number of benzene rings is 1. The first-order valence-corrected chi connectivity index (χ1v) is 6.17. The van der Waals surface area contributed by atoms with Crippen LogP contribution in [0.3, 0.4) is 0 Å². The summed E-state index contributed by atoms with van der Waals surface area (Å²) in [4.78, 5) is 27.4. The Hall–Kier alpha value is -2.23. The first kappa shape index (κ1) is 13.2. The second kappa shape index (κ2) is 5.61. The number of para-hydroxylation sites is 1. The Bertz CT molecular complexity index is 634. The lowest BCUT2D eigenvalue weighted by atomic mass is 10.1. The van der Waals surface area contributed by atoms with E-state index in [-0.39, 0.29) is 13.0 Å². The standard InChI is InChI=1S/C15H15NO3/c1-3-19-15(18)14(17)9-13-10(2)8-11-6-4-5-7-12(11)16-13/h4-8H,3,9H2,1-2H3. The van der Waals surface area contributed by atoms with Crippen molar-refractivity contribution in [1.82, 2.24) is 4.98 Å². The molecule has 1 aromatic heterocycles. The summed E-state index contributed by atoms with van der Waals surface area (Å²) in [5.41, 5.74) is 2.34. The maximum atomic E-state index is 11.7. The molecule has 0 unspecified atom stereocenters. The average molecular weight is 257 g/mol. The maximum absolute atomic E-state index is 11.7. The van der Waals surface area contributed by atoms with Gasteiger partial charge in [0.1, 0.15) is 0 Å². The van der Waals surface area contributed by atoms with Crippen molar-refractivity contribution in [1.29, 1.82) is 0 Å². The van der Waals surface area contributed by atoms with Gasteiger partial charge in [0.25, 0.3) is 0 Å². The van der Waals surface area contributed by atoms with E-state index in [2.05, 4.69) is 9.72 Å². The van der Waals surface area contributed by atoms with Gasteiger partial charge in [-0.1, -0.05) is 18.2 Å². The summed E-state index contributed by atoms with van der Waals surface area (Å²) in [5.74, 6) is -1.36. The van der Waals surface area contributed by atoms with Gasteiger partial charge in [-0.15, -0.1) is 0 Å². The fourth-order valence-electron chi connectivity index (χ4n) is 1.88. The van der Waals surface area contributed by atoms with E-state index in [1.165, 1.54) is 0 Å². The van der Waals surface area contributed by atoms with Crippen molar-refractivity contribution < 1.29 is 14.3 Å². The number of ketones is 1. The van der Waals surface area contributed by atoms with Gasteiger partial charge >= 0.3 is 5.97 Å². The Balaban J connectivity index is 2.27. The van der Waals surface area contributed by atoms with Gasteiger partial charge < -0.3 is 4.74 Å². The number of esters is 1. The summed E-state index contributed by atoms with van der Waals surface area (Å²) in [5, 5.41) is 1.02.